The van der Waals surface area contributed by atoms with Crippen LogP contribution in [0.5, 0.6) is 0 Å². The van der Waals surface area contributed by atoms with Gasteiger partial charge in [-0.15, -0.1) is 22.7 Å². The summed E-state index contributed by atoms with van der Waals surface area (Å²) in [6.07, 6.45) is 5.64. The van der Waals surface area contributed by atoms with Crippen LogP contribution in [0.2, 0.25) is 0 Å². The molecular weight excluding hydrogens is 220 g/mol. The first kappa shape index (κ1) is 9.61. The Bertz CT molecular complexity index is 419. The van der Waals surface area contributed by atoms with Gasteiger partial charge in [0.1, 0.15) is 0 Å². The highest BCUT2D eigenvalue weighted by atomic mass is 32.1. The maximum atomic E-state index is 2.34. The zero-order valence-electron chi connectivity index (χ0n) is 8.61. The Morgan fingerprint density at radius 1 is 1.00 bits per heavy atom. The molecule has 0 aromatic carbocycles. The van der Waals surface area contributed by atoms with E-state index in [0.717, 1.165) is 5.92 Å². The lowest BCUT2D eigenvalue weighted by molar-refractivity contribution is 0.728. The van der Waals surface area contributed by atoms with Crippen LogP contribution in [0.3, 0.4) is 0 Å². The molecule has 0 radical (unpaired) electrons. The van der Waals surface area contributed by atoms with Gasteiger partial charge in [-0.2, -0.15) is 0 Å². The molecule has 0 saturated heterocycles. The smallest absolute Gasteiger partial charge is 0.0477 e. The van der Waals surface area contributed by atoms with Crippen molar-refractivity contribution in [3.63, 3.8) is 0 Å². The third-order valence-electron chi connectivity index (χ3n) is 3.24. The van der Waals surface area contributed by atoms with Crippen molar-refractivity contribution in [2.45, 2.75) is 31.6 Å². The fourth-order valence-electron chi connectivity index (χ4n) is 2.49. The van der Waals surface area contributed by atoms with Crippen molar-refractivity contribution in [1.29, 1.82) is 0 Å². The average Bonchev–Trinajstić information content (AvgIpc) is 3.01. The van der Waals surface area contributed by atoms with E-state index in [-0.39, 0.29) is 0 Å². The first-order valence-electron chi connectivity index (χ1n) is 5.56. The molecule has 1 saturated carbocycles. The van der Waals surface area contributed by atoms with Crippen LogP contribution in [-0.4, -0.2) is 0 Å². The first-order valence-corrected chi connectivity index (χ1v) is 7.32. The van der Waals surface area contributed by atoms with Crippen molar-refractivity contribution < 1.29 is 0 Å². The minimum atomic E-state index is 0.841. The predicted octanol–water partition coefficient (Wildman–Crippen LogP) is 5.13. The van der Waals surface area contributed by atoms with Gasteiger partial charge in [0.25, 0.3) is 0 Å². The van der Waals surface area contributed by atoms with Crippen LogP contribution in [-0.2, 0) is 0 Å². The second-order valence-electron chi connectivity index (χ2n) is 4.16. The lowest BCUT2D eigenvalue weighted by atomic mass is 9.98. The van der Waals surface area contributed by atoms with Gasteiger partial charge < -0.3 is 0 Å². The van der Waals surface area contributed by atoms with E-state index in [9.17, 15) is 0 Å². The van der Waals surface area contributed by atoms with Gasteiger partial charge in [0.2, 0.25) is 0 Å². The second-order valence-corrected chi connectivity index (χ2v) is 6.03. The van der Waals surface area contributed by atoms with Crippen LogP contribution in [0, 0.1) is 0 Å². The van der Waals surface area contributed by atoms with Gasteiger partial charge in [-0.05, 0) is 47.2 Å². The van der Waals surface area contributed by atoms with Crippen molar-refractivity contribution in [2.75, 3.05) is 0 Å². The topological polar surface area (TPSA) is 0 Å². The summed E-state index contributed by atoms with van der Waals surface area (Å²) in [6, 6.07) is 6.74. The molecule has 0 amide bonds. The fourth-order valence-corrected chi connectivity index (χ4v) is 4.37. The lowest BCUT2D eigenvalue weighted by Crippen LogP contribution is -1.90. The van der Waals surface area contributed by atoms with Gasteiger partial charge in [-0.1, -0.05) is 18.9 Å². The van der Waals surface area contributed by atoms with Crippen molar-refractivity contribution in [2.24, 2.45) is 0 Å². The Balaban J connectivity index is 1.98. The Kier molecular flexibility index (Phi) is 2.63. The summed E-state index contributed by atoms with van der Waals surface area (Å²) in [4.78, 5) is 2.98. The molecule has 0 unspecified atom stereocenters. The van der Waals surface area contributed by atoms with Crippen LogP contribution in [0.4, 0.5) is 0 Å². The average molecular weight is 234 g/mol. The summed E-state index contributed by atoms with van der Waals surface area (Å²) in [5, 5.41) is 4.43. The third kappa shape index (κ3) is 1.77. The summed E-state index contributed by atoms with van der Waals surface area (Å²) >= 11 is 3.77. The fraction of sp³-hybridized carbons (Fsp3) is 0.385. The highest BCUT2D eigenvalue weighted by Gasteiger charge is 2.21. The van der Waals surface area contributed by atoms with Gasteiger partial charge >= 0.3 is 0 Å². The van der Waals surface area contributed by atoms with E-state index in [1.807, 2.05) is 22.7 Å². The SMILES string of the molecule is c1csc(-c2sccc2C2CCCC2)c1. The molecule has 2 heteroatoms. The summed E-state index contributed by atoms with van der Waals surface area (Å²) < 4.78 is 0. The third-order valence-corrected chi connectivity index (χ3v) is 5.22. The standard InChI is InChI=1S/C13H14S2/c1-2-5-10(4-1)11-7-9-15-13(11)12-6-3-8-14-12/h3,6-10H,1-2,4-5H2. The molecule has 0 bridgehead atoms. The lowest BCUT2D eigenvalue weighted by Gasteiger charge is -2.09. The Labute approximate surface area is 98.6 Å². The van der Waals surface area contributed by atoms with Gasteiger partial charge in [-0.25, -0.2) is 0 Å². The van der Waals surface area contributed by atoms with Crippen LogP contribution in [0.25, 0.3) is 9.75 Å². The van der Waals surface area contributed by atoms with Gasteiger partial charge in [0, 0.05) is 9.75 Å². The van der Waals surface area contributed by atoms with E-state index >= 15 is 0 Å². The van der Waals surface area contributed by atoms with Gasteiger partial charge in [0.05, 0.1) is 0 Å². The first-order chi connectivity index (χ1) is 7.45. The van der Waals surface area contributed by atoms with E-state index in [4.69, 9.17) is 0 Å². The molecule has 2 aromatic rings. The molecule has 1 fully saturated rings. The Morgan fingerprint density at radius 3 is 2.60 bits per heavy atom. The van der Waals surface area contributed by atoms with E-state index in [1.165, 1.54) is 35.4 Å². The van der Waals surface area contributed by atoms with Gasteiger partial charge in [-0.3, -0.25) is 0 Å². The molecule has 0 N–H and O–H groups in total. The molecule has 15 heavy (non-hydrogen) atoms. The van der Waals surface area contributed by atoms with Crippen LogP contribution in [0.1, 0.15) is 37.2 Å². The molecule has 3 rings (SSSR count). The minimum Gasteiger partial charge on any atom is -0.143 e. The monoisotopic (exact) mass is 234 g/mol. The minimum absolute atomic E-state index is 0.841. The molecule has 78 valence electrons. The van der Waals surface area contributed by atoms with E-state index < -0.39 is 0 Å². The normalized spacial score (nSPS) is 17.3. The quantitative estimate of drug-likeness (QED) is 0.675. The number of rotatable bonds is 2. The van der Waals surface area contributed by atoms with Crippen molar-refractivity contribution >= 4 is 22.7 Å². The Hall–Kier alpha value is -0.600. The highest BCUT2D eigenvalue weighted by Crippen LogP contribution is 2.42. The van der Waals surface area contributed by atoms with Crippen LogP contribution < -0.4 is 0 Å². The number of hydrogen-bond donors (Lipinski definition) is 0. The van der Waals surface area contributed by atoms with Crippen LogP contribution >= 0.6 is 22.7 Å². The van der Waals surface area contributed by atoms with Crippen molar-refractivity contribution in [3.05, 3.63) is 34.5 Å². The van der Waals surface area contributed by atoms with E-state index in [1.54, 1.807) is 5.56 Å². The summed E-state index contributed by atoms with van der Waals surface area (Å²) in [5.41, 5.74) is 1.61. The highest BCUT2D eigenvalue weighted by molar-refractivity contribution is 7.20. The maximum Gasteiger partial charge on any atom is 0.0477 e. The maximum absolute atomic E-state index is 2.34. The predicted molar refractivity (Wildman–Crippen MR) is 68.8 cm³/mol. The summed E-state index contributed by atoms with van der Waals surface area (Å²) in [7, 11) is 0. The largest absolute Gasteiger partial charge is 0.143 e. The molecule has 2 heterocycles. The molecule has 0 nitrogen and oxygen atoms in total. The molecule has 0 spiro atoms. The summed E-state index contributed by atoms with van der Waals surface area (Å²) in [6.45, 7) is 0. The Morgan fingerprint density at radius 2 is 1.87 bits per heavy atom. The van der Waals surface area contributed by atoms with Crippen molar-refractivity contribution in [3.8, 4) is 9.75 Å². The molecule has 0 aliphatic heterocycles. The van der Waals surface area contributed by atoms with Gasteiger partial charge in [0.15, 0.2) is 0 Å². The number of thiophene rings is 2. The van der Waals surface area contributed by atoms with Crippen LogP contribution in [0.15, 0.2) is 29.0 Å². The summed E-state index contributed by atoms with van der Waals surface area (Å²) in [5.74, 6) is 0.841. The zero-order chi connectivity index (χ0) is 10.1. The van der Waals surface area contributed by atoms with E-state index in [2.05, 4.69) is 29.0 Å². The van der Waals surface area contributed by atoms with Crippen molar-refractivity contribution in [1.82, 2.24) is 0 Å². The van der Waals surface area contributed by atoms with E-state index in [0.29, 0.717) is 0 Å². The molecule has 0 atom stereocenters. The zero-order valence-corrected chi connectivity index (χ0v) is 10.2. The second kappa shape index (κ2) is 4.11. The molecule has 2 aromatic heterocycles. The molecule has 1 aliphatic rings. The molecular formula is C13H14S2. The number of hydrogen-bond acceptors (Lipinski definition) is 2. The molecule has 1 aliphatic carbocycles.